The number of aliphatic hydroxyl groups is 1. The fourth-order valence-corrected chi connectivity index (χ4v) is 7.33. The van der Waals surface area contributed by atoms with E-state index in [1.165, 1.54) is 10.5 Å². The Hall–Kier alpha value is -3.92. The van der Waals surface area contributed by atoms with Crippen molar-refractivity contribution < 1.29 is 28.6 Å². The van der Waals surface area contributed by atoms with Crippen LogP contribution in [0.2, 0.25) is 0 Å². The lowest BCUT2D eigenvalue weighted by atomic mass is 9.78. The van der Waals surface area contributed by atoms with Crippen molar-refractivity contribution in [3.8, 4) is 17.0 Å². The number of ether oxygens (including phenoxy) is 2. The van der Waals surface area contributed by atoms with Gasteiger partial charge in [0.25, 0.3) is 0 Å². The Balaban J connectivity index is 1.16. The summed E-state index contributed by atoms with van der Waals surface area (Å²) in [6, 6.07) is 10.4. The Bertz CT molecular complexity index is 1580. The molecule has 3 aliphatic rings. The molecule has 3 fully saturated rings. The molecule has 0 unspecified atom stereocenters. The van der Waals surface area contributed by atoms with E-state index in [2.05, 4.69) is 45.9 Å². The number of carbonyl (C=O) groups is 2. The fourth-order valence-electron chi connectivity index (χ4n) is 7.33. The van der Waals surface area contributed by atoms with Crippen LogP contribution in [0.3, 0.4) is 0 Å². The lowest BCUT2D eigenvalue weighted by Gasteiger charge is -2.38. The highest BCUT2D eigenvalue weighted by Gasteiger charge is 2.36. The van der Waals surface area contributed by atoms with Gasteiger partial charge in [0.15, 0.2) is 5.89 Å². The Labute approximate surface area is 283 Å². The minimum Gasteiger partial charge on any atom is -0.496 e. The predicted octanol–water partition coefficient (Wildman–Crippen LogP) is 7.03. The molecule has 3 heterocycles. The van der Waals surface area contributed by atoms with Gasteiger partial charge in [-0.2, -0.15) is 0 Å². The first-order valence-corrected chi connectivity index (χ1v) is 17.5. The van der Waals surface area contributed by atoms with Crippen molar-refractivity contribution in [2.75, 3.05) is 31.6 Å². The molecule has 3 aromatic rings. The molecule has 48 heavy (non-hydrogen) atoms. The molecular weight excluding hydrogens is 608 g/mol. The van der Waals surface area contributed by atoms with Crippen LogP contribution in [-0.2, 0) is 14.9 Å². The third kappa shape index (κ3) is 7.69. The highest BCUT2D eigenvalue weighted by atomic mass is 16.6. The summed E-state index contributed by atoms with van der Waals surface area (Å²) in [4.78, 5) is 39.7. The zero-order valence-corrected chi connectivity index (χ0v) is 29.0. The summed E-state index contributed by atoms with van der Waals surface area (Å²) in [7, 11) is 1.71. The van der Waals surface area contributed by atoms with Crippen LogP contribution in [0.15, 0.2) is 47.2 Å². The zero-order chi connectivity index (χ0) is 34.0. The highest BCUT2D eigenvalue weighted by Crippen LogP contribution is 2.39. The van der Waals surface area contributed by atoms with Crippen molar-refractivity contribution >= 4 is 17.8 Å². The van der Waals surface area contributed by atoms with Gasteiger partial charge in [0, 0.05) is 29.6 Å². The average molecular weight is 659 g/mol. The summed E-state index contributed by atoms with van der Waals surface area (Å²) in [5.41, 5.74) is 3.89. The molecule has 1 saturated heterocycles. The SMILES string of the molecule is COc1ccc(C2CCC(CN(C(=O)C3CCC(OC(=O)N4CC(O)C4)CC3)c3cc(-c4coc(C(C)(C)C)n4)ccn3)CC2)cc1C. The Kier molecular flexibility index (Phi) is 10.1. The van der Waals surface area contributed by atoms with Gasteiger partial charge in [0.2, 0.25) is 5.91 Å². The number of anilines is 1. The van der Waals surface area contributed by atoms with Gasteiger partial charge in [-0.05, 0) is 99.5 Å². The van der Waals surface area contributed by atoms with Crippen molar-refractivity contribution in [3.05, 3.63) is 59.8 Å². The van der Waals surface area contributed by atoms with E-state index in [1.807, 2.05) is 17.0 Å². The van der Waals surface area contributed by atoms with Crippen LogP contribution in [0.5, 0.6) is 5.75 Å². The Morgan fingerprint density at radius 3 is 2.38 bits per heavy atom. The first-order valence-electron chi connectivity index (χ1n) is 17.5. The number of oxazole rings is 1. The summed E-state index contributed by atoms with van der Waals surface area (Å²) in [6.07, 6.45) is 9.18. The molecule has 10 heteroatoms. The van der Waals surface area contributed by atoms with Crippen molar-refractivity contribution in [2.45, 2.75) is 103 Å². The molecule has 2 aromatic heterocycles. The second kappa shape index (κ2) is 14.3. The number of nitrogens with zero attached hydrogens (tertiary/aromatic N) is 4. The van der Waals surface area contributed by atoms with E-state index in [9.17, 15) is 14.7 Å². The average Bonchev–Trinajstić information content (AvgIpc) is 3.58. The molecule has 258 valence electrons. The van der Waals surface area contributed by atoms with Gasteiger partial charge in [-0.3, -0.25) is 9.69 Å². The molecule has 2 saturated carbocycles. The van der Waals surface area contributed by atoms with E-state index in [-0.39, 0.29) is 29.4 Å². The van der Waals surface area contributed by atoms with Gasteiger partial charge < -0.3 is 23.9 Å². The number of likely N-dealkylation sites (tertiary alicyclic amines) is 1. The van der Waals surface area contributed by atoms with Gasteiger partial charge in [0.1, 0.15) is 29.6 Å². The zero-order valence-electron chi connectivity index (χ0n) is 29.0. The molecule has 2 aliphatic carbocycles. The third-order valence-electron chi connectivity index (χ3n) is 10.3. The summed E-state index contributed by atoms with van der Waals surface area (Å²) in [6.45, 7) is 9.55. The number of aryl methyl sites for hydroxylation is 1. The second-order valence-electron chi connectivity index (χ2n) is 15.0. The summed E-state index contributed by atoms with van der Waals surface area (Å²) in [5, 5.41) is 9.53. The molecule has 1 N–H and O–H groups in total. The van der Waals surface area contributed by atoms with Gasteiger partial charge in [-0.25, -0.2) is 14.8 Å². The number of pyridine rings is 1. The Morgan fingerprint density at radius 1 is 1.02 bits per heavy atom. The van der Waals surface area contributed by atoms with Crippen LogP contribution < -0.4 is 9.64 Å². The molecule has 10 nitrogen and oxygen atoms in total. The molecule has 1 aliphatic heterocycles. The molecule has 0 bridgehead atoms. The molecule has 0 atom stereocenters. The largest absolute Gasteiger partial charge is 0.496 e. The number of aromatic nitrogens is 2. The number of methoxy groups -OCH3 is 1. The number of carbonyl (C=O) groups excluding carboxylic acids is 2. The maximum Gasteiger partial charge on any atom is 0.410 e. The van der Waals surface area contributed by atoms with E-state index < -0.39 is 6.10 Å². The van der Waals surface area contributed by atoms with Crippen molar-refractivity contribution in [3.63, 3.8) is 0 Å². The van der Waals surface area contributed by atoms with Crippen LogP contribution in [0.25, 0.3) is 11.3 Å². The Morgan fingerprint density at radius 2 is 1.75 bits per heavy atom. The predicted molar refractivity (Wildman–Crippen MR) is 183 cm³/mol. The number of aliphatic hydroxyl groups excluding tert-OH is 1. The standard InChI is InChI=1S/C38H50N4O6/c1-24-18-28(12-15-33(24)46-5)26-8-6-25(7-9-26)20-42(34-19-29(16-17-39-34)32-23-47-36(40-32)38(2,3)4)35(44)27-10-13-31(14-11-27)48-37(45)41-21-30(43)22-41/h12,15-19,23,25-27,30-31,43H,6-11,13-14,20-22H2,1-5H3. The molecule has 6 rings (SSSR count). The van der Waals surface area contributed by atoms with Crippen LogP contribution in [0.1, 0.15) is 95.1 Å². The van der Waals surface area contributed by atoms with E-state index in [0.717, 1.165) is 48.3 Å². The number of benzene rings is 1. The molecular formula is C38H50N4O6. The molecule has 2 amide bonds. The van der Waals surface area contributed by atoms with Crippen LogP contribution >= 0.6 is 0 Å². The monoisotopic (exact) mass is 658 g/mol. The maximum atomic E-state index is 14.4. The van der Waals surface area contributed by atoms with Crippen molar-refractivity contribution in [2.24, 2.45) is 11.8 Å². The van der Waals surface area contributed by atoms with Gasteiger partial charge in [-0.15, -0.1) is 0 Å². The lowest BCUT2D eigenvalue weighted by molar-refractivity contribution is -0.124. The molecule has 0 spiro atoms. The van der Waals surface area contributed by atoms with Crippen LogP contribution in [0, 0.1) is 18.8 Å². The number of rotatable bonds is 8. The second-order valence-corrected chi connectivity index (χ2v) is 15.0. The minimum atomic E-state index is -0.462. The number of hydrogen-bond acceptors (Lipinski definition) is 8. The van der Waals surface area contributed by atoms with Crippen molar-refractivity contribution in [1.82, 2.24) is 14.9 Å². The van der Waals surface area contributed by atoms with Gasteiger partial charge in [0.05, 0.1) is 26.3 Å². The number of hydrogen-bond donors (Lipinski definition) is 1. The summed E-state index contributed by atoms with van der Waals surface area (Å²) < 4.78 is 17.0. The van der Waals surface area contributed by atoms with Gasteiger partial charge in [-0.1, -0.05) is 32.9 Å². The lowest BCUT2D eigenvalue weighted by Crippen LogP contribution is -2.54. The van der Waals surface area contributed by atoms with E-state index in [0.29, 0.717) is 68.9 Å². The topological polar surface area (TPSA) is 118 Å². The summed E-state index contributed by atoms with van der Waals surface area (Å²) >= 11 is 0. The smallest absolute Gasteiger partial charge is 0.410 e. The van der Waals surface area contributed by atoms with E-state index in [4.69, 9.17) is 23.9 Å². The molecule has 0 radical (unpaired) electrons. The minimum absolute atomic E-state index is 0.0822. The normalized spacial score (nSPS) is 23.3. The molecule has 1 aromatic carbocycles. The van der Waals surface area contributed by atoms with Gasteiger partial charge >= 0.3 is 6.09 Å². The van der Waals surface area contributed by atoms with Crippen molar-refractivity contribution in [1.29, 1.82) is 0 Å². The number of amides is 2. The summed E-state index contributed by atoms with van der Waals surface area (Å²) in [5.74, 6) is 2.98. The maximum absolute atomic E-state index is 14.4. The fraction of sp³-hybridized carbons (Fsp3) is 0.579. The quantitative estimate of drug-likeness (QED) is 0.274. The van der Waals surface area contributed by atoms with E-state index >= 15 is 0 Å². The third-order valence-corrected chi connectivity index (χ3v) is 10.3. The van der Waals surface area contributed by atoms with Crippen LogP contribution in [0.4, 0.5) is 10.6 Å². The van der Waals surface area contributed by atoms with Crippen LogP contribution in [-0.4, -0.2) is 70.9 Å². The first kappa shape index (κ1) is 34.0. The number of β-amino-alcohol motifs (C(OH)–C–C–N with tert-alkyl or cyclic N) is 1. The highest BCUT2D eigenvalue weighted by molar-refractivity contribution is 5.94. The van der Waals surface area contributed by atoms with E-state index in [1.54, 1.807) is 19.6 Å². The first-order chi connectivity index (χ1) is 23.0.